The molecule has 1 aliphatic carbocycles. The van der Waals surface area contributed by atoms with Crippen molar-refractivity contribution in [1.82, 2.24) is 10.3 Å². The van der Waals surface area contributed by atoms with Crippen molar-refractivity contribution in [3.05, 3.63) is 65.9 Å². The van der Waals surface area contributed by atoms with Crippen LogP contribution in [0.4, 0.5) is 0 Å². The van der Waals surface area contributed by atoms with Crippen LogP contribution in [-0.2, 0) is 6.42 Å². The lowest BCUT2D eigenvalue weighted by Gasteiger charge is -2.26. The van der Waals surface area contributed by atoms with Gasteiger partial charge in [-0.3, -0.25) is 4.98 Å². The summed E-state index contributed by atoms with van der Waals surface area (Å²) in [4.78, 5) is 4.59. The Morgan fingerprint density at radius 1 is 1.09 bits per heavy atom. The molecule has 0 saturated carbocycles. The average Bonchev–Trinajstić information content (AvgIpc) is 2.60. The number of fused-ring (bicyclic) bond motifs is 2. The van der Waals surface area contributed by atoms with E-state index < -0.39 is 0 Å². The van der Waals surface area contributed by atoms with Crippen molar-refractivity contribution in [2.45, 2.75) is 25.3 Å². The van der Waals surface area contributed by atoms with Gasteiger partial charge in [0.1, 0.15) is 0 Å². The summed E-state index contributed by atoms with van der Waals surface area (Å²) < 4.78 is 0. The zero-order valence-corrected chi connectivity index (χ0v) is 12.8. The van der Waals surface area contributed by atoms with E-state index in [1.165, 1.54) is 46.9 Å². The molecule has 0 aliphatic heterocycles. The molecular weight excluding hydrogens is 268 g/mol. The highest BCUT2D eigenvalue weighted by molar-refractivity contribution is 5.93. The molecule has 3 aromatic rings. The van der Waals surface area contributed by atoms with E-state index in [2.05, 4.69) is 59.8 Å². The summed E-state index contributed by atoms with van der Waals surface area (Å²) in [6, 6.07) is 17.9. The van der Waals surface area contributed by atoms with Crippen LogP contribution in [0.5, 0.6) is 0 Å². The van der Waals surface area contributed by atoms with Crippen molar-refractivity contribution in [1.29, 1.82) is 0 Å². The molecule has 1 heterocycles. The molecule has 1 atom stereocenters. The number of aromatic nitrogens is 1. The van der Waals surface area contributed by atoms with Gasteiger partial charge in [0.25, 0.3) is 0 Å². The average molecular weight is 288 g/mol. The summed E-state index contributed by atoms with van der Waals surface area (Å²) in [5.41, 5.74) is 6.52. The summed E-state index contributed by atoms with van der Waals surface area (Å²) >= 11 is 0. The summed E-state index contributed by atoms with van der Waals surface area (Å²) in [6.45, 7) is 0. The second-order valence-electron chi connectivity index (χ2n) is 6.03. The summed E-state index contributed by atoms with van der Waals surface area (Å²) in [6.07, 6.45) is 5.57. The molecule has 0 bridgehead atoms. The van der Waals surface area contributed by atoms with Crippen LogP contribution in [0.25, 0.3) is 22.0 Å². The molecular formula is C20H20N2. The van der Waals surface area contributed by atoms with Crippen LogP contribution in [0, 0.1) is 0 Å². The monoisotopic (exact) mass is 288 g/mol. The second kappa shape index (κ2) is 5.54. The largest absolute Gasteiger partial charge is 0.313 e. The van der Waals surface area contributed by atoms with Gasteiger partial charge in [-0.25, -0.2) is 0 Å². The molecule has 0 amide bonds. The fourth-order valence-electron chi connectivity index (χ4n) is 3.60. The first-order valence-electron chi connectivity index (χ1n) is 8.01. The fourth-order valence-corrected chi connectivity index (χ4v) is 3.60. The van der Waals surface area contributed by atoms with Crippen LogP contribution in [0.3, 0.4) is 0 Å². The Hall–Kier alpha value is -2.19. The number of hydrogen-bond donors (Lipinski definition) is 1. The maximum atomic E-state index is 4.59. The van der Waals surface area contributed by atoms with Gasteiger partial charge in [0.2, 0.25) is 0 Å². The van der Waals surface area contributed by atoms with E-state index in [0.717, 1.165) is 5.52 Å². The minimum Gasteiger partial charge on any atom is -0.313 e. The van der Waals surface area contributed by atoms with Crippen molar-refractivity contribution < 1.29 is 0 Å². The molecule has 2 nitrogen and oxygen atoms in total. The first-order chi connectivity index (χ1) is 10.9. The molecule has 110 valence electrons. The smallest absolute Gasteiger partial charge is 0.0780 e. The molecule has 1 aliphatic rings. The fraction of sp³-hybridized carbons (Fsp3) is 0.250. The van der Waals surface area contributed by atoms with E-state index in [0.29, 0.717) is 6.04 Å². The maximum absolute atomic E-state index is 4.59. The van der Waals surface area contributed by atoms with E-state index in [1.807, 2.05) is 12.3 Å². The highest BCUT2D eigenvalue weighted by Gasteiger charge is 2.19. The van der Waals surface area contributed by atoms with Gasteiger partial charge in [0, 0.05) is 23.2 Å². The van der Waals surface area contributed by atoms with Gasteiger partial charge in [0.05, 0.1) is 5.52 Å². The lowest BCUT2D eigenvalue weighted by molar-refractivity contribution is 0.497. The molecule has 0 spiro atoms. The zero-order chi connectivity index (χ0) is 14.9. The second-order valence-corrected chi connectivity index (χ2v) is 6.03. The number of rotatable bonds is 2. The Morgan fingerprint density at radius 3 is 2.91 bits per heavy atom. The van der Waals surface area contributed by atoms with Crippen molar-refractivity contribution in [3.8, 4) is 11.1 Å². The van der Waals surface area contributed by atoms with Gasteiger partial charge in [-0.2, -0.15) is 0 Å². The van der Waals surface area contributed by atoms with Crippen molar-refractivity contribution in [2.75, 3.05) is 7.05 Å². The predicted molar refractivity (Wildman–Crippen MR) is 91.9 cm³/mol. The zero-order valence-electron chi connectivity index (χ0n) is 12.8. The number of nitrogens with one attached hydrogen (secondary N) is 1. The minimum absolute atomic E-state index is 0.478. The SMILES string of the molecule is CNC1CCCc2ccc(-c3cccc4cccnc34)cc21. The molecule has 1 unspecified atom stereocenters. The van der Waals surface area contributed by atoms with E-state index in [-0.39, 0.29) is 0 Å². The molecule has 0 saturated heterocycles. The van der Waals surface area contributed by atoms with Gasteiger partial charge >= 0.3 is 0 Å². The van der Waals surface area contributed by atoms with Crippen molar-refractivity contribution in [3.63, 3.8) is 0 Å². The van der Waals surface area contributed by atoms with Crippen molar-refractivity contribution in [2.24, 2.45) is 0 Å². The number of benzene rings is 2. The summed E-state index contributed by atoms with van der Waals surface area (Å²) in [5, 5.41) is 4.66. The Bertz CT molecular complexity index is 818. The molecule has 22 heavy (non-hydrogen) atoms. The lowest BCUT2D eigenvalue weighted by Crippen LogP contribution is -2.21. The van der Waals surface area contributed by atoms with Crippen LogP contribution in [-0.4, -0.2) is 12.0 Å². The van der Waals surface area contributed by atoms with Crippen LogP contribution < -0.4 is 5.32 Å². The number of para-hydroxylation sites is 1. The number of pyridine rings is 1. The normalized spacial score (nSPS) is 17.4. The molecule has 0 radical (unpaired) electrons. The predicted octanol–water partition coefficient (Wildman–Crippen LogP) is 4.50. The number of aryl methyl sites for hydroxylation is 1. The third-order valence-corrected chi connectivity index (χ3v) is 4.75. The van der Waals surface area contributed by atoms with Crippen LogP contribution in [0.15, 0.2) is 54.7 Å². The third-order valence-electron chi connectivity index (χ3n) is 4.75. The Labute approximate surface area is 131 Å². The Morgan fingerprint density at radius 2 is 2.00 bits per heavy atom. The van der Waals surface area contributed by atoms with Gasteiger partial charge < -0.3 is 5.32 Å². The van der Waals surface area contributed by atoms with E-state index in [9.17, 15) is 0 Å². The molecule has 2 heteroatoms. The quantitative estimate of drug-likeness (QED) is 0.751. The first kappa shape index (κ1) is 13.5. The Kier molecular flexibility index (Phi) is 3.39. The van der Waals surface area contributed by atoms with Gasteiger partial charge in [-0.1, -0.05) is 36.4 Å². The number of nitrogens with zero attached hydrogens (tertiary/aromatic N) is 1. The summed E-state index contributed by atoms with van der Waals surface area (Å²) in [7, 11) is 2.06. The molecule has 1 aromatic heterocycles. The molecule has 1 N–H and O–H groups in total. The standard InChI is InChI=1S/C20H20N2/c1-21-19-9-3-5-14-10-11-16(13-18(14)19)17-8-2-6-15-7-4-12-22-20(15)17/h2,4,6-8,10-13,19,21H,3,5,9H2,1H3. The van der Waals surface area contributed by atoms with Gasteiger partial charge in [-0.05, 0) is 55.1 Å². The number of hydrogen-bond acceptors (Lipinski definition) is 2. The van der Waals surface area contributed by atoms with Crippen LogP contribution in [0.2, 0.25) is 0 Å². The van der Waals surface area contributed by atoms with Crippen molar-refractivity contribution >= 4 is 10.9 Å². The van der Waals surface area contributed by atoms with E-state index in [4.69, 9.17) is 0 Å². The van der Waals surface area contributed by atoms with E-state index in [1.54, 1.807) is 0 Å². The third kappa shape index (κ3) is 2.20. The molecule has 4 rings (SSSR count). The molecule has 2 aromatic carbocycles. The van der Waals surface area contributed by atoms with Crippen LogP contribution >= 0.6 is 0 Å². The maximum Gasteiger partial charge on any atom is 0.0780 e. The lowest BCUT2D eigenvalue weighted by atomic mass is 9.85. The minimum atomic E-state index is 0.478. The topological polar surface area (TPSA) is 24.9 Å². The highest BCUT2D eigenvalue weighted by Crippen LogP contribution is 2.34. The van der Waals surface area contributed by atoms with Gasteiger partial charge in [0.15, 0.2) is 0 Å². The van der Waals surface area contributed by atoms with Crippen LogP contribution in [0.1, 0.15) is 30.0 Å². The van der Waals surface area contributed by atoms with E-state index >= 15 is 0 Å². The molecule has 0 fully saturated rings. The summed E-state index contributed by atoms with van der Waals surface area (Å²) in [5.74, 6) is 0. The Balaban J connectivity index is 1.89. The first-order valence-corrected chi connectivity index (χ1v) is 8.01. The highest BCUT2D eigenvalue weighted by atomic mass is 14.9. The van der Waals surface area contributed by atoms with Gasteiger partial charge in [-0.15, -0.1) is 0 Å².